The van der Waals surface area contributed by atoms with Gasteiger partial charge in [0.05, 0.1) is 4.90 Å². The van der Waals surface area contributed by atoms with Crippen LogP contribution in [0.1, 0.15) is 19.3 Å². The number of rotatable bonds is 4. The molecule has 1 saturated heterocycles. The fourth-order valence-corrected chi connectivity index (χ4v) is 5.21. The van der Waals surface area contributed by atoms with Gasteiger partial charge in [0.25, 0.3) is 0 Å². The summed E-state index contributed by atoms with van der Waals surface area (Å²) in [6.45, 7) is 1.80. The van der Waals surface area contributed by atoms with Gasteiger partial charge in [-0.25, -0.2) is 12.8 Å². The summed E-state index contributed by atoms with van der Waals surface area (Å²) in [4.78, 5) is 14.5. The number of hydrogen-bond donors (Lipinski definition) is 1. The number of amides is 1. The normalized spacial score (nSPS) is 25.3. The number of halogens is 1. The van der Waals surface area contributed by atoms with Crippen LogP contribution < -0.4 is 5.73 Å². The molecule has 1 amide bonds. The first-order chi connectivity index (χ1) is 11.9. The van der Waals surface area contributed by atoms with Gasteiger partial charge in [0, 0.05) is 32.1 Å². The highest BCUT2D eigenvalue weighted by Gasteiger charge is 2.37. The number of piperazine rings is 1. The molecule has 3 rings (SSSR count). The first kappa shape index (κ1) is 18.3. The molecule has 1 aliphatic carbocycles. The maximum atomic E-state index is 13.0. The van der Waals surface area contributed by atoms with Crippen molar-refractivity contribution in [2.75, 3.05) is 32.7 Å². The third kappa shape index (κ3) is 3.70. The van der Waals surface area contributed by atoms with Crippen molar-refractivity contribution in [3.8, 4) is 0 Å². The second kappa shape index (κ2) is 7.39. The Morgan fingerprint density at radius 3 is 2.36 bits per heavy atom. The Morgan fingerprint density at radius 1 is 1.12 bits per heavy atom. The Bertz CT molecular complexity index is 715. The van der Waals surface area contributed by atoms with E-state index in [9.17, 15) is 17.6 Å². The van der Waals surface area contributed by atoms with E-state index in [0.29, 0.717) is 19.6 Å². The Kier molecular flexibility index (Phi) is 5.41. The second-order valence-corrected chi connectivity index (χ2v) is 8.65. The van der Waals surface area contributed by atoms with Crippen molar-refractivity contribution < 1.29 is 17.6 Å². The van der Waals surface area contributed by atoms with Crippen LogP contribution in [0.15, 0.2) is 29.2 Å². The van der Waals surface area contributed by atoms with Crippen molar-refractivity contribution in [1.82, 2.24) is 9.21 Å². The summed E-state index contributed by atoms with van der Waals surface area (Å²) in [6, 6.07) is 4.82. The van der Waals surface area contributed by atoms with Crippen molar-refractivity contribution in [3.05, 3.63) is 30.1 Å². The van der Waals surface area contributed by atoms with Crippen LogP contribution in [0.5, 0.6) is 0 Å². The number of benzene rings is 1. The standard InChI is InChI=1S/C17H24FN3O3S/c18-14-4-6-15(7-5-14)25(23,24)21-10-8-20(9-11-21)17(22)16-3-1-2-13(16)12-19/h4-7,13,16H,1-3,8-12,19H2/t13-,16-/m1/s1. The number of sulfonamides is 1. The Hall–Kier alpha value is -1.51. The van der Waals surface area contributed by atoms with Gasteiger partial charge in [-0.15, -0.1) is 0 Å². The van der Waals surface area contributed by atoms with E-state index in [1.54, 1.807) is 4.90 Å². The monoisotopic (exact) mass is 369 g/mol. The molecule has 2 N–H and O–H groups in total. The van der Waals surface area contributed by atoms with Gasteiger partial charge in [-0.05, 0) is 49.6 Å². The van der Waals surface area contributed by atoms with Gasteiger partial charge in [-0.1, -0.05) is 6.42 Å². The molecule has 1 aliphatic heterocycles. The summed E-state index contributed by atoms with van der Waals surface area (Å²) in [5.74, 6) is -0.147. The SMILES string of the molecule is NC[C@H]1CCC[C@H]1C(=O)N1CCN(S(=O)(=O)c2ccc(F)cc2)CC1. The Labute approximate surface area is 147 Å². The molecule has 2 aliphatic rings. The fraction of sp³-hybridized carbons (Fsp3) is 0.588. The summed E-state index contributed by atoms with van der Waals surface area (Å²) in [5, 5.41) is 0. The van der Waals surface area contributed by atoms with Crippen LogP contribution in [-0.4, -0.2) is 56.3 Å². The molecule has 2 atom stereocenters. The van der Waals surface area contributed by atoms with Crippen molar-refractivity contribution in [2.45, 2.75) is 24.2 Å². The maximum Gasteiger partial charge on any atom is 0.243 e. The highest BCUT2D eigenvalue weighted by Crippen LogP contribution is 2.32. The van der Waals surface area contributed by atoms with Gasteiger partial charge >= 0.3 is 0 Å². The van der Waals surface area contributed by atoms with Crippen molar-refractivity contribution in [1.29, 1.82) is 0 Å². The molecule has 0 spiro atoms. The molecular formula is C17H24FN3O3S. The van der Waals surface area contributed by atoms with Crippen LogP contribution in [-0.2, 0) is 14.8 Å². The van der Waals surface area contributed by atoms with Crippen LogP contribution >= 0.6 is 0 Å². The summed E-state index contributed by atoms with van der Waals surface area (Å²) in [6.07, 6.45) is 2.89. The lowest BCUT2D eigenvalue weighted by atomic mass is 9.94. The first-order valence-corrected chi connectivity index (χ1v) is 10.1. The highest BCUT2D eigenvalue weighted by molar-refractivity contribution is 7.89. The summed E-state index contributed by atoms with van der Waals surface area (Å²) < 4.78 is 39.6. The lowest BCUT2D eigenvalue weighted by molar-refractivity contribution is -0.137. The molecule has 1 heterocycles. The van der Waals surface area contributed by atoms with E-state index in [0.717, 1.165) is 31.4 Å². The zero-order valence-electron chi connectivity index (χ0n) is 14.1. The number of nitrogens with two attached hydrogens (primary N) is 1. The number of carbonyl (C=O) groups is 1. The molecule has 138 valence electrons. The van der Waals surface area contributed by atoms with Gasteiger partial charge in [0.2, 0.25) is 15.9 Å². The van der Waals surface area contributed by atoms with Crippen molar-refractivity contribution in [2.24, 2.45) is 17.6 Å². The summed E-state index contributed by atoms with van der Waals surface area (Å²) >= 11 is 0. The molecule has 0 radical (unpaired) electrons. The molecule has 1 aromatic rings. The van der Waals surface area contributed by atoms with Crippen molar-refractivity contribution >= 4 is 15.9 Å². The molecule has 8 heteroatoms. The fourth-order valence-electron chi connectivity index (χ4n) is 3.78. The molecule has 0 bridgehead atoms. The zero-order chi connectivity index (χ0) is 18.0. The average Bonchev–Trinajstić information content (AvgIpc) is 3.10. The lowest BCUT2D eigenvalue weighted by Gasteiger charge is -2.36. The third-order valence-electron chi connectivity index (χ3n) is 5.28. The minimum Gasteiger partial charge on any atom is -0.340 e. The molecule has 0 aromatic heterocycles. The highest BCUT2D eigenvalue weighted by atomic mass is 32.2. The predicted molar refractivity (Wildman–Crippen MR) is 91.6 cm³/mol. The number of carbonyl (C=O) groups excluding carboxylic acids is 1. The molecular weight excluding hydrogens is 345 g/mol. The Balaban J connectivity index is 1.63. The van der Waals surface area contributed by atoms with E-state index in [-0.39, 0.29) is 35.7 Å². The van der Waals surface area contributed by atoms with Gasteiger partial charge in [-0.2, -0.15) is 4.31 Å². The topological polar surface area (TPSA) is 83.7 Å². The van der Waals surface area contributed by atoms with Crippen LogP contribution in [0.4, 0.5) is 4.39 Å². The molecule has 1 saturated carbocycles. The molecule has 25 heavy (non-hydrogen) atoms. The first-order valence-electron chi connectivity index (χ1n) is 8.68. The van der Waals surface area contributed by atoms with E-state index in [1.807, 2.05) is 0 Å². The van der Waals surface area contributed by atoms with Gasteiger partial charge in [-0.3, -0.25) is 4.79 Å². The van der Waals surface area contributed by atoms with Gasteiger partial charge in [0.15, 0.2) is 0 Å². The number of hydrogen-bond acceptors (Lipinski definition) is 4. The maximum absolute atomic E-state index is 13.0. The second-order valence-electron chi connectivity index (χ2n) is 6.72. The van der Waals surface area contributed by atoms with Crippen molar-refractivity contribution in [3.63, 3.8) is 0 Å². The van der Waals surface area contributed by atoms with Gasteiger partial charge in [0.1, 0.15) is 5.82 Å². The molecule has 0 unspecified atom stereocenters. The average molecular weight is 369 g/mol. The van der Waals surface area contributed by atoms with Crippen LogP contribution in [0.3, 0.4) is 0 Å². The largest absolute Gasteiger partial charge is 0.340 e. The van der Waals surface area contributed by atoms with Gasteiger partial charge < -0.3 is 10.6 Å². The quantitative estimate of drug-likeness (QED) is 0.859. The Morgan fingerprint density at radius 2 is 1.76 bits per heavy atom. The summed E-state index contributed by atoms with van der Waals surface area (Å²) in [5.41, 5.74) is 5.76. The minimum absolute atomic E-state index is 0.0229. The van der Waals surface area contributed by atoms with E-state index in [2.05, 4.69) is 0 Å². The smallest absolute Gasteiger partial charge is 0.243 e. The van der Waals surface area contributed by atoms with E-state index >= 15 is 0 Å². The lowest BCUT2D eigenvalue weighted by Crippen LogP contribution is -2.52. The molecule has 1 aromatic carbocycles. The molecule has 6 nitrogen and oxygen atoms in total. The predicted octanol–water partition coefficient (Wildman–Crippen LogP) is 1.03. The van der Waals surface area contributed by atoms with E-state index < -0.39 is 15.8 Å². The summed E-state index contributed by atoms with van der Waals surface area (Å²) in [7, 11) is -3.65. The van der Waals surface area contributed by atoms with Crippen LogP contribution in [0.2, 0.25) is 0 Å². The van der Waals surface area contributed by atoms with Crippen LogP contribution in [0, 0.1) is 17.7 Å². The van der Waals surface area contributed by atoms with E-state index in [1.165, 1.54) is 16.4 Å². The van der Waals surface area contributed by atoms with Crippen LogP contribution in [0.25, 0.3) is 0 Å². The van der Waals surface area contributed by atoms with E-state index in [4.69, 9.17) is 5.73 Å². The minimum atomic E-state index is -3.65. The zero-order valence-corrected chi connectivity index (χ0v) is 14.9. The third-order valence-corrected chi connectivity index (χ3v) is 7.19. The number of nitrogens with zero attached hydrogens (tertiary/aromatic N) is 2. The molecule has 2 fully saturated rings.